The minimum atomic E-state index is -1.14. The molecule has 1 aromatic carbocycles. The van der Waals surface area contributed by atoms with Crippen LogP contribution in [0.2, 0.25) is 0 Å². The third-order valence-electron chi connectivity index (χ3n) is 2.30. The fourth-order valence-corrected chi connectivity index (χ4v) is 1.65. The van der Waals surface area contributed by atoms with E-state index in [1.165, 1.54) is 0 Å². The molecule has 0 bridgehead atoms. The third-order valence-corrected chi connectivity index (χ3v) is 2.83. The molecular formula is C10H9BrF. The maximum atomic E-state index is 13.7. The Morgan fingerprint density at radius 2 is 1.83 bits per heavy atom. The molecule has 1 aliphatic rings. The average molecular weight is 228 g/mol. The van der Waals surface area contributed by atoms with E-state index in [1.807, 2.05) is 24.3 Å². The van der Waals surface area contributed by atoms with Crippen LogP contribution in [0.1, 0.15) is 18.4 Å². The van der Waals surface area contributed by atoms with Gasteiger partial charge in [-0.05, 0) is 30.5 Å². The van der Waals surface area contributed by atoms with Gasteiger partial charge in [-0.2, -0.15) is 0 Å². The second kappa shape index (κ2) is 2.84. The van der Waals surface area contributed by atoms with Gasteiger partial charge in [-0.25, -0.2) is 4.39 Å². The predicted molar refractivity (Wildman–Crippen MR) is 50.5 cm³/mol. The Bertz CT molecular complexity index is 274. The largest absolute Gasteiger partial charge is 0.238 e. The molecule has 63 valence electrons. The quantitative estimate of drug-likeness (QED) is 0.688. The third kappa shape index (κ3) is 1.28. The van der Waals surface area contributed by atoms with Gasteiger partial charge in [0.25, 0.3) is 0 Å². The van der Waals surface area contributed by atoms with Crippen molar-refractivity contribution in [3.05, 3.63) is 40.7 Å². The standard InChI is InChI=1S/C10H9BrF/c11-9-4-2-8(3-5-9)10(12)6-1-7-10/h2-6H,1,7H2. The number of benzene rings is 1. The lowest BCUT2D eigenvalue weighted by Gasteiger charge is -2.33. The van der Waals surface area contributed by atoms with E-state index in [9.17, 15) is 4.39 Å². The lowest BCUT2D eigenvalue weighted by atomic mass is 9.77. The molecule has 0 spiro atoms. The molecule has 2 heteroatoms. The lowest BCUT2D eigenvalue weighted by molar-refractivity contribution is 0.132. The Labute approximate surface area is 79.9 Å². The summed E-state index contributed by atoms with van der Waals surface area (Å²) in [5, 5.41) is 0. The van der Waals surface area contributed by atoms with E-state index < -0.39 is 5.67 Å². The van der Waals surface area contributed by atoms with E-state index in [4.69, 9.17) is 0 Å². The van der Waals surface area contributed by atoms with Gasteiger partial charge in [0, 0.05) is 10.9 Å². The van der Waals surface area contributed by atoms with Crippen LogP contribution in [-0.2, 0) is 5.67 Å². The molecule has 0 aromatic heterocycles. The Hall–Kier alpha value is -0.370. The zero-order valence-electron chi connectivity index (χ0n) is 6.56. The van der Waals surface area contributed by atoms with Crippen molar-refractivity contribution in [2.45, 2.75) is 18.5 Å². The minimum Gasteiger partial charge on any atom is -0.238 e. The molecule has 0 aliphatic heterocycles. The zero-order valence-corrected chi connectivity index (χ0v) is 8.14. The molecule has 0 amide bonds. The smallest absolute Gasteiger partial charge is 0.139 e. The molecule has 1 fully saturated rings. The number of hydrogen-bond donors (Lipinski definition) is 0. The summed E-state index contributed by atoms with van der Waals surface area (Å²) in [5.74, 6) is 0. The van der Waals surface area contributed by atoms with Gasteiger partial charge < -0.3 is 0 Å². The van der Waals surface area contributed by atoms with Crippen molar-refractivity contribution in [3.8, 4) is 0 Å². The van der Waals surface area contributed by atoms with Crippen molar-refractivity contribution in [3.63, 3.8) is 0 Å². The van der Waals surface area contributed by atoms with Crippen LogP contribution in [0.15, 0.2) is 28.7 Å². The summed E-state index contributed by atoms with van der Waals surface area (Å²) < 4.78 is 14.7. The first kappa shape index (κ1) is 8.24. The molecule has 1 aromatic rings. The Kier molecular flexibility index (Phi) is 1.95. The molecule has 12 heavy (non-hydrogen) atoms. The Balaban J connectivity index is 2.28. The van der Waals surface area contributed by atoms with Gasteiger partial charge in [-0.1, -0.05) is 28.1 Å². The zero-order chi connectivity index (χ0) is 8.60. The molecule has 1 unspecified atom stereocenters. The molecule has 0 saturated heterocycles. The number of alkyl halides is 1. The van der Waals surface area contributed by atoms with E-state index in [-0.39, 0.29) is 0 Å². The molecule has 0 N–H and O–H groups in total. The SMILES string of the molecule is FC1(c2ccc(Br)cc2)[CH]CC1. The molecule has 0 heterocycles. The van der Waals surface area contributed by atoms with E-state index in [1.54, 1.807) is 6.42 Å². The van der Waals surface area contributed by atoms with Crippen LogP contribution >= 0.6 is 15.9 Å². The molecule has 2 rings (SSSR count). The maximum Gasteiger partial charge on any atom is 0.139 e. The highest BCUT2D eigenvalue weighted by Gasteiger charge is 2.38. The van der Waals surface area contributed by atoms with Crippen molar-refractivity contribution in [1.29, 1.82) is 0 Å². The van der Waals surface area contributed by atoms with Crippen molar-refractivity contribution in [2.24, 2.45) is 0 Å². The number of hydrogen-bond acceptors (Lipinski definition) is 0. The summed E-state index contributed by atoms with van der Waals surface area (Å²) in [5.41, 5.74) is -0.363. The van der Waals surface area contributed by atoms with Crippen molar-refractivity contribution in [1.82, 2.24) is 0 Å². The van der Waals surface area contributed by atoms with Crippen LogP contribution in [-0.4, -0.2) is 0 Å². The highest BCUT2D eigenvalue weighted by atomic mass is 79.9. The Morgan fingerprint density at radius 1 is 1.25 bits per heavy atom. The van der Waals surface area contributed by atoms with Crippen molar-refractivity contribution >= 4 is 15.9 Å². The summed E-state index contributed by atoms with van der Waals surface area (Å²) in [6, 6.07) is 7.42. The highest BCUT2D eigenvalue weighted by Crippen LogP contribution is 2.44. The first-order valence-electron chi connectivity index (χ1n) is 4.00. The lowest BCUT2D eigenvalue weighted by Crippen LogP contribution is -2.29. The molecule has 1 atom stereocenters. The van der Waals surface area contributed by atoms with Gasteiger partial charge in [0.05, 0.1) is 0 Å². The van der Waals surface area contributed by atoms with Gasteiger partial charge in [0.15, 0.2) is 0 Å². The van der Waals surface area contributed by atoms with Crippen LogP contribution in [0.25, 0.3) is 0 Å². The monoisotopic (exact) mass is 227 g/mol. The van der Waals surface area contributed by atoms with Crippen molar-refractivity contribution < 1.29 is 4.39 Å². The number of rotatable bonds is 1. The van der Waals surface area contributed by atoms with E-state index in [2.05, 4.69) is 15.9 Å². The van der Waals surface area contributed by atoms with Crippen LogP contribution in [0.4, 0.5) is 4.39 Å². The van der Waals surface area contributed by atoms with Gasteiger partial charge in [0.1, 0.15) is 5.67 Å². The first-order valence-corrected chi connectivity index (χ1v) is 4.79. The summed E-state index contributed by atoms with van der Waals surface area (Å²) in [6.07, 6.45) is 3.26. The topological polar surface area (TPSA) is 0 Å². The number of halogens is 2. The van der Waals surface area contributed by atoms with Crippen LogP contribution in [0, 0.1) is 6.42 Å². The van der Waals surface area contributed by atoms with Crippen LogP contribution < -0.4 is 0 Å². The predicted octanol–water partition coefficient (Wildman–Crippen LogP) is 3.61. The van der Waals surface area contributed by atoms with Gasteiger partial charge in [-0.15, -0.1) is 0 Å². The summed E-state index contributed by atoms with van der Waals surface area (Å²) in [6.45, 7) is 0. The van der Waals surface area contributed by atoms with E-state index in [0.717, 1.165) is 16.5 Å². The average Bonchev–Trinajstić information content (AvgIpc) is 2.02. The van der Waals surface area contributed by atoms with Crippen LogP contribution in [0.3, 0.4) is 0 Å². The van der Waals surface area contributed by atoms with E-state index in [0.29, 0.717) is 6.42 Å². The first-order chi connectivity index (χ1) is 5.71. The molecular weight excluding hydrogens is 219 g/mol. The maximum absolute atomic E-state index is 13.7. The second-order valence-corrected chi connectivity index (χ2v) is 4.03. The molecule has 1 aliphatic carbocycles. The second-order valence-electron chi connectivity index (χ2n) is 3.11. The van der Waals surface area contributed by atoms with E-state index >= 15 is 0 Å². The van der Waals surface area contributed by atoms with Crippen molar-refractivity contribution in [2.75, 3.05) is 0 Å². The minimum absolute atomic E-state index is 0.634. The Morgan fingerprint density at radius 3 is 2.25 bits per heavy atom. The van der Waals surface area contributed by atoms with Crippen LogP contribution in [0.5, 0.6) is 0 Å². The summed E-state index contributed by atoms with van der Waals surface area (Å²) >= 11 is 3.32. The molecule has 1 saturated carbocycles. The molecule has 1 radical (unpaired) electrons. The highest BCUT2D eigenvalue weighted by molar-refractivity contribution is 9.10. The normalized spacial score (nSPS) is 20.2. The molecule has 0 nitrogen and oxygen atoms in total. The summed E-state index contributed by atoms with van der Waals surface area (Å²) in [7, 11) is 0. The fourth-order valence-electron chi connectivity index (χ4n) is 1.39. The fraction of sp³-hybridized carbons (Fsp3) is 0.300. The van der Waals surface area contributed by atoms with Gasteiger partial charge >= 0.3 is 0 Å². The van der Waals surface area contributed by atoms with Gasteiger partial charge in [0.2, 0.25) is 0 Å². The van der Waals surface area contributed by atoms with Gasteiger partial charge in [-0.3, -0.25) is 0 Å². The summed E-state index contributed by atoms with van der Waals surface area (Å²) in [4.78, 5) is 0.